The van der Waals surface area contributed by atoms with Gasteiger partial charge in [0.25, 0.3) is 0 Å². The van der Waals surface area contributed by atoms with Crippen molar-refractivity contribution in [2.45, 2.75) is 257 Å². The zero-order valence-electron chi connectivity index (χ0n) is 63.1. The fourth-order valence-corrected chi connectivity index (χ4v) is 14.3. The molecule has 0 spiro atoms. The van der Waals surface area contributed by atoms with Crippen LogP contribution in [0.25, 0.3) is 0 Å². The van der Waals surface area contributed by atoms with Gasteiger partial charge in [-0.1, -0.05) is 174 Å². The SMILES string of the molecule is CC(=O)N[C@@H](Cc1cc(F)cc(F)c1)[C@H](O)CNC1(c2cccc(C(C)(C)C)c2)CCC(=CC(=O)N(C)C)CC1.CC(=O)N[C@@H](Cc1cc(F)cc(F)c1)[C@H](O)CNC1(c2cccc(C(C)(C)C)c2)CCC(=O)CC1.CCCCCCCCOP(=O)(CC(=O)N(C)C)OCCCCCCCC. The average Bonchev–Trinajstić information content (AvgIpc) is 0.788. The van der Waals surface area contributed by atoms with E-state index < -0.39 is 66.2 Å². The second-order valence-electron chi connectivity index (χ2n) is 30.1. The quantitative estimate of drug-likeness (QED) is 0.0110. The van der Waals surface area contributed by atoms with E-state index in [4.69, 9.17) is 9.05 Å². The summed E-state index contributed by atoms with van der Waals surface area (Å²) in [6.07, 6.45) is 18.3. The molecule has 4 atom stereocenters. The summed E-state index contributed by atoms with van der Waals surface area (Å²) in [7, 11) is 3.45. The molecule has 2 fully saturated rings. The highest BCUT2D eigenvalue weighted by atomic mass is 31.2. The monoisotopic (exact) mass is 1430 g/mol. The van der Waals surface area contributed by atoms with Crippen LogP contribution in [0.5, 0.6) is 0 Å². The van der Waals surface area contributed by atoms with Gasteiger partial charge in [-0.3, -0.25) is 28.5 Å². The number of benzene rings is 4. The Hall–Kier alpha value is -6.12. The van der Waals surface area contributed by atoms with E-state index in [1.807, 2.05) is 12.1 Å². The summed E-state index contributed by atoms with van der Waals surface area (Å²) in [5.74, 6) is -3.54. The molecule has 0 saturated heterocycles. The van der Waals surface area contributed by atoms with Crippen LogP contribution in [0.15, 0.2) is 96.6 Å². The molecule has 0 aliphatic heterocycles. The highest BCUT2D eigenvalue weighted by Crippen LogP contribution is 2.49. The molecule has 564 valence electrons. The van der Waals surface area contributed by atoms with Gasteiger partial charge in [-0.25, -0.2) is 17.6 Å². The van der Waals surface area contributed by atoms with Crippen molar-refractivity contribution in [3.05, 3.63) is 153 Å². The molecule has 0 bridgehead atoms. The Kier molecular flexibility index (Phi) is 36.8. The van der Waals surface area contributed by atoms with E-state index in [0.717, 1.165) is 80.2 Å². The Bertz CT molecular complexity index is 3250. The summed E-state index contributed by atoms with van der Waals surface area (Å²) in [6, 6.07) is 21.7. The second kappa shape index (κ2) is 42.6. The molecule has 0 aromatic heterocycles. The van der Waals surface area contributed by atoms with E-state index in [0.29, 0.717) is 50.0 Å². The number of hydrogen-bond acceptors (Lipinski definition) is 12. The minimum absolute atomic E-state index is 0.0347. The van der Waals surface area contributed by atoms with Gasteiger partial charge in [0.2, 0.25) is 23.6 Å². The highest BCUT2D eigenvalue weighted by Gasteiger charge is 2.40. The molecular formula is C80H121F4N6O10P. The third-order valence-electron chi connectivity index (χ3n) is 18.9. The van der Waals surface area contributed by atoms with Crippen LogP contribution in [0.1, 0.15) is 231 Å². The van der Waals surface area contributed by atoms with Crippen LogP contribution in [0.3, 0.4) is 0 Å². The van der Waals surface area contributed by atoms with Crippen molar-refractivity contribution in [1.82, 2.24) is 31.1 Å². The number of nitrogens with one attached hydrogen (secondary N) is 4. The number of Topliss-reactive ketones (excluding diaryl/α,β-unsaturated/α-hetero) is 1. The first-order chi connectivity index (χ1) is 47.5. The summed E-state index contributed by atoms with van der Waals surface area (Å²) in [6.45, 7) is 21.1. The summed E-state index contributed by atoms with van der Waals surface area (Å²) >= 11 is 0. The van der Waals surface area contributed by atoms with Crippen LogP contribution < -0.4 is 21.3 Å². The molecule has 101 heavy (non-hydrogen) atoms. The van der Waals surface area contributed by atoms with Crippen molar-refractivity contribution in [2.24, 2.45) is 0 Å². The maximum atomic E-state index is 13.8. The molecular weight excluding hydrogens is 1310 g/mol. The van der Waals surface area contributed by atoms with Gasteiger partial charge in [-0.2, -0.15) is 0 Å². The fourth-order valence-electron chi connectivity index (χ4n) is 12.6. The maximum Gasteiger partial charge on any atom is 0.340 e. The number of amides is 4. The second-order valence-corrected chi connectivity index (χ2v) is 32.2. The van der Waals surface area contributed by atoms with Crippen molar-refractivity contribution < 1.29 is 65.4 Å². The number of halogens is 4. The predicted octanol–water partition coefficient (Wildman–Crippen LogP) is 15.1. The third-order valence-corrected chi connectivity index (χ3v) is 20.7. The molecule has 2 aliphatic carbocycles. The number of hydrogen-bond donors (Lipinski definition) is 6. The number of likely N-dealkylation sites (N-methyl/N-ethyl adjacent to an activating group) is 1. The van der Waals surface area contributed by atoms with Gasteiger partial charge < -0.3 is 50.3 Å². The van der Waals surface area contributed by atoms with Crippen LogP contribution in [0, 0.1) is 23.3 Å². The highest BCUT2D eigenvalue weighted by molar-refractivity contribution is 7.54. The van der Waals surface area contributed by atoms with Gasteiger partial charge in [0.1, 0.15) is 35.2 Å². The zero-order valence-corrected chi connectivity index (χ0v) is 64.0. The number of carbonyl (C=O) groups is 5. The van der Waals surface area contributed by atoms with E-state index in [1.165, 1.54) is 106 Å². The van der Waals surface area contributed by atoms with Crippen molar-refractivity contribution in [2.75, 3.05) is 60.7 Å². The fraction of sp³-hybridized carbons (Fsp3) is 0.613. The smallest absolute Gasteiger partial charge is 0.340 e. The molecule has 2 aliphatic rings. The number of unbranched alkanes of at least 4 members (excludes halogenated alkanes) is 10. The third kappa shape index (κ3) is 31.4. The Morgan fingerprint density at radius 1 is 0.554 bits per heavy atom. The van der Waals surface area contributed by atoms with Crippen molar-refractivity contribution in [3.63, 3.8) is 0 Å². The normalized spacial score (nSPS) is 16.7. The molecule has 4 aromatic rings. The van der Waals surface area contributed by atoms with E-state index in [1.54, 1.807) is 39.2 Å². The predicted molar refractivity (Wildman–Crippen MR) is 396 cm³/mol. The zero-order chi connectivity index (χ0) is 75.1. The van der Waals surface area contributed by atoms with Crippen molar-refractivity contribution >= 4 is 37.0 Å². The molecule has 0 radical (unpaired) electrons. The largest absolute Gasteiger partial charge is 0.390 e. The lowest BCUT2D eigenvalue weighted by molar-refractivity contribution is -0.126. The van der Waals surface area contributed by atoms with Crippen LogP contribution >= 0.6 is 7.60 Å². The summed E-state index contributed by atoms with van der Waals surface area (Å²) in [5, 5.41) is 34.9. The maximum absolute atomic E-state index is 13.8. The van der Waals surface area contributed by atoms with E-state index in [2.05, 4.69) is 113 Å². The molecule has 6 rings (SSSR count). The van der Waals surface area contributed by atoms with Gasteiger partial charge in [0, 0.05) is 97.3 Å². The Morgan fingerprint density at radius 2 is 0.921 bits per heavy atom. The number of nitrogens with zero attached hydrogens (tertiary/aromatic N) is 2. The van der Waals surface area contributed by atoms with Gasteiger partial charge in [-0.05, 0) is 133 Å². The Balaban J connectivity index is 0.000000329. The number of ketones is 1. The summed E-state index contributed by atoms with van der Waals surface area (Å²) < 4.78 is 79.1. The van der Waals surface area contributed by atoms with Gasteiger partial charge in [0.05, 0.1) is 37.5 Å². The lowest BCUT2D eigenvalue weighted by Crippen LogP contribution is -2.53. The van der Waals surface area contributed by atoms with Gasteiger partial charge in [-0.15, -0.1) is 0 Å². The average molecular weight is 1430 g/mol. The van der Waals surface area contributed by atoms with E-state index in [-0.39, 0.29) is 72.3 Å². The number of aliphatic hydroxyl groups excluding tert-OH is 2. The molecule has 16 nitrogen and oxygen atoms in total. The minimum Gasteiger partial charge on any atom is -0.390 e. The molecule has 6 N–H and O–H groups in total. The molecule has 0 unspecified atom stereocenters. The standard InChI is InChI=1S/C32H43F2N3O3.C28H36F2N2O3.C20H42NO4P/c1-21(38)36-28(16-23-14-26(33)19-27(34)15-23)29(39)20-35-32(25-9-7-8-24(18-25)31(2,3)4)12-10-22(11-13-32)17-30(40)37(5)6;1-18(33)32-25(14-19-12-22(29)16-23(30)13-19)26(35)17-31-28(10-8-24(34)9-11-28)21-7-5-6-20(15-21)27(2,3)4;1-5-7-9-11-13-15-17-24-26(23,19-20(22)21(3)4)25-18-16-14-12-10-8-6-2/h7-9,14-15,17-19,28-29,35,39H,10-13,16,20H2,1-6H3,(H,36,38);5-7,12-13,15-16,25-26,31,35H,8-11,14,17H2,1-4H3,(H,32,33);5-19H2,1-4H3/t28-,29+,32?;25-,26+;/m00./s1. The Morgan fingerprint density at radius 3 is 1.27 bits per heavy atom. The van der Waals surface area contributed by atoms with E-state index >= 15 is 0 Å². The molecule has 0 heterocycles. The van der Waals surface area contributed by atoms with Crippen LogP contribution in [0.4, 0.5) is 17.6 Å². The van der Waals surface area contributed by atoms with Crippen molar-refractivity contribution in [3.8, 4) is 0 Å². The van der Waals surface area contributed by atoms with Crippen LogP contribution in [-0.4, -0.2) is 134 Å². The number of aliphatic hydroxyl groups is 2. The minimum atomic E-state index is -3.34. The number of allylic oxidation sites excluding steroid dienone is 1. The van der Waals surface area contributed by atoms with Crippen molar-refractivity contribution in [1.29, 1.82) is 0 Å². The van der Waals surface area contributed by atoms with Crippen LogP contribution in [0.2, 0.25) is 0 Å². The van der Waals surface area contributed by atoms with E-state index in [9.17, 15) is 56.3 Å². The first kappa shape index (κ1) is 87.3. The summed E-state index contributed by atoms with van der Waals surface area (Å²) in [4.78, 5) is 63.1. The molecule has 4 aromatic carbocycles. The number of carbonyl (C=O) groups excluding carboxylic acids is 5. The molecule has 21 heteroatoms. The lowest BCUT2D eigenvalue weighted by atomic mass is 9.73. The first-order valence-electron chi connectivity index (χ1n) is 36.5. The van der Waals surface area contributed by atoms with Gasteiger partial charge in [0.15, 0.2) is 0 Å². The van der Waals surface area contributed by atoms with Gasteiger partial charge >= 0.3 is 7.60 Å². The molecule has 4 amide bonds. The number of rotatable bonds is 35. The topological polar surface area (TPSA) is 216 Å². The lowest BCUT2D eigenvalue weighted by Gasteiger charge is -2.41. The summed E-state index contributed by atoms with van der Waals surface area (Å²) in [5.41, 5.74) is 5.27. The Labute approximate surface area is 601 Å². The van der Waals surface area contributed by atoms with Crippen LogP contribution in [-0.2, 0) is 72.3 Å². The first-order valence-corrected chi connectivity index (χ1v) is 38.3. The molecule has 2 saturated carbocycles.